The number of nitrogens with two attached hydrogens (primary N) is 1. The molecule has 1 heterocycles. The molecule has 0 aliphatic carbocycles. The quantitative estimate of drug-likeness (QED) is 0.875. The lowest BCUT2D eigenvalue weighted by Crippen LogP contribution is -2.15. The predicted molar refractivity (Wildman–Crippen MR) is 68.4 cm³/mol. The van der Waals surface area contributed by atoms with Crippen LogP contribution < -0.4 is 10.5 Å². The highest BCUT2D eigenvalue weighted by molar-refractivity contribution is 5.40. The maximum atomic E-state index is 5.98. The van der Waals surface area contributed by atoms with Crippen molar-refractivity contribution < 1.29 is 9.47 Å². The molecule has 3 heteroatoms. The monoisotopic (exact) mass is 235 g/mol. The van der Waals surface area contributed by atoms with E-state index in [1.807, 2.05) is 13.0 Å². The fourth-order valence-corrected chi connectivity index (χ4v) is 2.39. The summed E-state index contributed by atoms with van der Waals surface area (Å²) in [6.07, 6.45) is 2.20. The molecule has 1 atom stereocenters. The van der Waals surface area contributed by atoms with Crippen LogP contribution in [0, 0.1) is 0 Å². The van der Waals surface area contributed by atoms with E-state index in [9.17, 15) is 0 Å². The van der Waals surface area contributed by atoms with Gasteiger partial charge >= 0.3 is 0 Å². The van der Waals surface area contributed by atoms with Gasteiger partial charge in [0, 0.05) is 24.8 Å². The molecule has 0 spiro atoms. The Hall–Kier alpha value is -1.06. The Balaban J connectivity index is 2.26. The number of methoxy groups -OCH3 is 1. The Kier molecular flexibility index (Phi) is 4.02. The second-order valence-corrected chi connectivity index (χ2v) is 4.68. The van der Waals surface area contributed by atoms with Gasteiger partial charge in [-0.25, -0.2) is 0 Å². The van der Waals surface area contributed by atoms with Crippen LogP contribution in [0.4, 0.5) is 0 Å². The van der Waals surface area contributed by atoms with Gasteiger partial charge in [-0.3, -0.25) is 0 Å². The van der Waals surface area contributed by atoms with E-state index in [0.717, 1.165) is 37.4 Å². The lowest BCUT2D eigenvalue weighted by atomic mass is 9.89. The minimum absolute atomic E-state index is 0.00439. The number of rotatable bonds is 3. The van der Waals surface area contributed by atoms with Gasteiger partial charge in [0.1, 0.15) is 5.75 Å². The van der Waals surface area contributed by atoms with Crippen molar-refractivity contribution in [1.82, 2.24) is 0 Å². The molecule has 2 N–H and O–H groups in total. The molecule has 0 bridgehead atoms. The van der Waals surface area contributed by atoms with Crippen LogP contribution in [0.25, 0.3) is 0 Å². The number of ether oxygens (including phenoxy) is 2. The molecule has 1 fully saturated rings. The molecule has 1 aromatic rings. The van der Waals surface area contributed by atoms with E-state index in [1.165, 1.54) is 5.56 Å². The molecule has 3 nitrogen and oxygen atoms in total. The van der Waals surface area contributed by atoms with Crippen LogP contribution in [-0.4, -0.2) is 20.3 Å². The summed E-state index contributed by atoms with van der Waals surface area (Å²) in [5.41, 5.74) is 8.44. The molecule has 94 valence electrons. The Morgan fingerprint density at radius 2 is 2.06 bits per heavy atom. The van der Waals surface area contributed by atoms with E-state index in [4.69, 9.17) is 15.2 Å². The predicted octanol–water partition coefficient (Wildman–Crippen LogP) is 2.61. The van der Waals surface area contributed by atoms with Crippen molar-refractivity contribution in [3.05, 3.63) is 29.3 Å². The summed E-state index contributed by atoms with van der Waals surface area (Å²) in [7, 11) is 1.69. The number of benzene rings is 1. The van der Waals surface area contributed by atoms with Crippen LogP contribution in [0.5, 0.6) is 5.75 Å². The summed E-state index contributed by atoms with van der Waals surface area (Å²) in [6, 6.07) is 6.38. The molecular weight excluding hydrogens is 214 g/mol. The Morgan fingerprint density at radius 1 is 1.35 bits per heavy atom. The highest BCUT2D eigenvalue weighted by atomic mass is 16.5. The van der Waals surface area contributed by atoms with Crippen molar-refractivity contribution in [1.29, 1.82) is 0 Å². The normalized spacial score (nSPS) is 19.0. The Bertz CT molecular complexity index is 370. The van der Waals surface area contributed by atoms with E-state index >= 15 is 0 Å². The van der Waals surface area contributed by atoms with Crippen LogP contribution >= 0.6 is 0 Å². The average molecular weight is 235 g/mol. The Morgan fingerprint density at radius 3 is 2.65 bits per heavy atom. The number of hydrogen-bond acceptors (Lipinski definition) is 3. The first-order chi connectivity index (χ1) is 8.22. The summed E-state index contributed by atoms with van der Waals surface area (Å²) in [5, 5.41) is 0. The summed E-state index contributed by atoms with van der Waals surface area (Å²) < 4.78 is 10.7. The minimum Gasteiger partial charge on any atom is -0.496 e. The van der Waals surface area contributed by atoms with E-state index < -0.39 is 0 Å². The third-order valence-corrected chi connectivity index (χ3v) is 3.44. The third kappa shape index (κ3) is 2.79. The molecular formula is C14H21NO2. The summed E-state index contributed by atoms with van der Waals surface area (Å²) >= 11 is 0. The smallest absolute Gasteiger partial charge is 0.123 e. The Labute approximate surface area is 103 Å². The molecule has 0 amide bonds. The van der Waals surface area contributed by atoms with Gasteiger partial charge in [-0.05, 0) is 37.3 Å². The van der Waals surface area contributed by atoms with Crippen LogP contribution in [0.1, 0.15) is 42.9 Å². The fraction of sp³-hybridized carbons (Fsp3) is 0.571. The van der Waals surface area contributed by atoms with Gasteiger partial charge in [-0.2, -0.15) is 0 Å². The average Bonchev–Trinajstić information content (AvgIpc) is 2.39. The molecule has 17 heavy (non-hydrogen) atoms. The second-order valence-electron chi connectivity index (χ2n) is 4.68. The highest BCUT2D eigenvalue weighted by Crippen LogP contribution is 2.32. The lowest BCUT2D eigenvalue weighted by Gasteiger charge is -2.24. The van der Waals surface area contributed by atoms with Crippen molar-refractivity contribution >= 4 is 0 Å². The van der Waals surface area contributed by atoms with Crippen molar-refractivity contribution in [2.24, 2.45) is 5.73 Å². The second kappa shape index (κ2) is 5.52. The summed E-state index contributed by atoms with van der Waals surface area (Å²) in [6.45, 7) is 3.72. The molecule has 1 unspecified atom stereocenters. The first kappa shape index (κ1) is 12.4. The standard InChI is InChI=1S/C14H21NO2/c1-10(15)13-9-12(3-4-14(13)16-2)11-5-7-17-8-6-11/h3-4,9-11H,5-8,15H2,1-2H3. The maximum Gasteiger partial charge on any atom is 0.123 e. The SMILES string of the molecule is COc1ccc(C2CCOCC2)cc1C(C)N. The van der Waals surface area contributed by atoms with Gasteiger partial charge in [-0.1, -0.05) is 12.1 Å². The van der Waals surface area contributed by atoms with Gasteiger partial charge < -0.3 is 15.2 Å². The molecule has 0 saturated carbocycles. The summed E-state index contributed by atoms with van der Waals surface area (Å²) in [5.74, 6) is 1.49. The van der Waals surface area contributed by atoms with Crippen LogP contribution in [-0.2, 0) is 4.74 Å². The lowest BCUT2D eigenvalue weighted by molar-refractivity contribution is 0.0853. The van der Waals surface area contributed by atoms with E-state index in [1.54, 1.807) is 7.11 Å². The van der Waals surface area contributed by atoms with Crippen LogP contribution in [0.2, 0.25) is 0 Å². The third-order valence-electron chi connectivity index (χ3n) is 3.44. The van der Waals surface area contributed by atoms with Crippen LogP contribution in [0.3, 0.4) is 0 Å². The van der Waals surface area contributed by atoms with Crippen molar-refractivity contribution in [2.75, 3.05) is 20.3 Å². The van der Waals surface area contributed by atoms with Crippen molar-refractivity contribution in [3.8, 4) is 5.75 Å². The van der Waals surface area contributed by atoms with E-state index in [0.29, 0.717) is 5.92 Å². The zero-order chi connectivity index (χ0) is 12.3. The maximum absolute atomic E-state index is 5.98. The van der Waals surface area contributed by atoms with Crippen molar-refractivity contribution in [2.45, 2.75) is 31.7 Å². The van der Waals surface area contributed by atoms with Gasteiger partial charge in [-0.15, -0.1) is 0 Å². The fourth-order valence-electron chi connectivity index (χ4n) is 2.39. The zero-order valence-electron chi connectivity index (χ0n) is 10.6. The molecule has 1 aliphatic heterocycles. The minimum atomic E-state index is 0.00439. The topological polar surface area (TPSA) is 44.5 Å². The van der Waals surface area contributed by atoms with Gasteiger partial charge in [0.15, 0.2) is 0 Å². The van der Waals surface area contributed by atoms with Gasteiger partial charge in [0.25, 0.3) is 0 Å². The zero-order valence-corrected chi connectivity index (χ0v) is 10.6. The van der Waals surface area contributed by atoms with Crippen LogP contribution in [0.15, 0.2) is 18.2 Å². The summed E-state index contributed by atoms with van der Waals surface area (Å²) in [4.78, 5) is 0. The largest absolute Gasteiger partial charge is 0.496 e. The molecule has 2 rings (SSSR count). The first-order valence-electron chi connectivity index (χ1n) is 6.23. The molecule has 1 saturated heterocycles. The molecule has 1 aliphatic rings. The van der Waals surface area contributed by atoms with E-state index in [2.05, 4.69) is 12.1 Å². The van der Waals surface area contributed by atoms with E-state index in [-0.39, 0.29) is 6.04 Å². The van der Waals surface area contributed by atoms with Crippen molar-refractivity contribution in [3.63, 3.8) is 0 Å². The first-order valence-corrected chi connectivity index (χ1v) is 6.23. The molecule has 0 radical (unpaired) electrons. The van der Waals surface area contributed by atoms with Gasteiger partial charge in [0.05, 0.1) is 7.11 Å². The molecule has 1 aromatic carbocycles. The number of hydrogen-bond donors (Lipinski definition) is 1. The van der Waals surface area contributed by atoms with Gasteiger partial charge in [0.2, 0.25) is 0 Å². The highest BCUT2D eigenvalue weighted by Gasteiger charge is 2.18. The molecule has 0 aromatic heterocycles.